The fraction of sp³-hybridized carbons (Fsp3) is 0.125. The van der Waals surface area contributed by atoms with Gasteiger partial charge in [-0.3, -0.25) is 4.79 Å². The van der Waals surface area contributed by atoms with Crippen molar-refractivity contribution in [3.05, 3.63) is 53.6 Å². The van der Waals surface area contributed by atoms with Crippen molar-refractivity contribution in [1.82, 2.24) is 0 Å². The Hall–Kier alpha value is -2.62. The van der Waals surface area contributed by atoms with E-state index in [1.165, 1.54) is 23.8 Å². The second kappa shape index (κ2) is 4.81. The van der Waals surface area contributed by atoms with E-state index >= 15 is 0 Å². The number of carbonyl (C=O) groups is 2. The lowest BCUT2D eigenvalue weighted by Gasteiger charge is -2.06. The van der Waals surface area contributed by atoms with Crippen molar-refractivity contribution in [3.63, 3.8) is 0 Å². The van der Waals surface area contributed by atoms with Crippen LogP contribution in [0.2, 0.25) is 0 Å². The minimum Gasteiger partial charge on any atom is -0.462 e. The summed E-state index contributed by atoms with van der Waals surface area (Å²) in [6.45, 7) is 0. The summed E-state index contributed by atoms with van der Waals surface area (Å²) < 4.78 is 4.38. The maximum Gasteiger partial charge on any atom is 0.396 e. The molecule has 0 aliphatic heterocycles. The molecule has 2 aromatic rings. The molecule has 0 atom stereocenters. The van der Waals surface area contributed by atoms with Gasteiger partial charge in [0, 0.05) is 5.69 Å². The van der Waals surface area contributed by atoms with E-state index in [9.17, 15) is 9.59 Å². The van der Waals surface area contributed by atoms with Gasteiger partial charge in [-0.05, 0) is 40.8 Å². The molecule has 0 radical (unpaired) electrons. The van der Waals surface area contributed by atoms with Gasteiger partial charge in [0.05, 0.1) is 7.11 Å². The highest BCUT2D eigenvalue weighted by Gasteiger charge is 2.19. The molecule has 100 valence electrons. The highest BCUT2D eigenvalue weighted by atomic mass is 16.5. The number of hydrogen-bond acceptors (Lipinski definition) is 3. The number of ether oxygens (including phenoxy) is 1. The largest absolute Gasteiger partial charge is 0.462 e. The smallest absolute Gasteiger partial charge is 0.396 e. The van der Waals surface area contributed by atoms with Crippen LogP contribution in [0, 0.1) is 0 Å². The molecule has 1 aliphatic rings. The van der Waals surface area contributed by atoms with Crippen LogP contribution in [0.4, 0.5) is 5.69 Å². The zero-order chi connectivity index (χ0) is 14.1. The molecule has 20 heavy (non-hydrogen) atoms. The highest BCUT2D eigenvalue weighted by Crippen LogP contribution is 2.37. The monoisotopic (exact) mass is 267 g/mol. The van der Waals surface area contributed by atoms with Crippen molar-refractivity contribution in [3.8, 4) is 11.1 Å². The molecule has 1 amide bonds. The molecule has 0 saturated heterocycles. The van der Waals surface area contributed by atoms with Crippen LogP contribution in [0.1, 0.15) is 11.1 Å². The summed E-state index contributed by atoms with van der Waals surface area (Å²) in [5.74, 6) is -1.66. The van der Waals surface area contributed by atoms with Crippen molar-refractivity contribution < 1.29 is 14.3 Å². The summed E-state index contributed by atoms with van der Waals surface area (Å²) in [5.41, 5.74) is 5.43. The SMILES string of the molecule is COC(=O)C(=O)Nc1ccc2c(c1)Cc1ccccc1-2. The Balaban J connectivity index is 1.88. The van der Waals surface area contributed by atoms with Crippen LogP contribution in [-0.4, -0.2) is 19.0 Å². The minimum absolute atomic E-state index is 0.604. The van der Waals surface area contributed by atoms with E-state index in [-0.39, 0.29) is 0 Å². The maximum absolute atomic E-state index is 11.5. The quantitative estimate of drug-likeness (QED) is 0.544. The van der Waals surface area contributed by atoms with Crippen LogP contribution < -0.4 is 5.32 Å². The van der Waals surface area contributed by atoms with Gasteiger partial charge in [0.15, 0.2) is 0 Å². The zero-order valence-corrected chi connectivity index (χ0v) is 11.0. The van der Waals surface area contributed by atoms with Crippen molar-refractivity contribution in [2.24, 2.45) is 0 Å². The first-order valence-corrected chi connectivity index (χ1v) is 6.29. The number of fused-ring (bicyclic) bond motifs is 3. The number of amides is 1. The maximum atomic E-state index is 11.5. The topological polar surface area (TPSA) is 55.4 Å². The number of rotatable bonds is 1. The van der Waals surface area contributed by atoms with Crippen molar-refractivity contribution in [2.45, 2.75) is 6.42 Å². The molecular weight excluding hydrogens is 254 g/mol. The molecule has 1 N–H and O–H groups in total. The summed E-state index contributed by atoms with van der Waals surface area (Å²) in [4.78, 5) is 22.6. The fourth-order valence-electron chi connectivity index (χ4n) is 2.50. The first-order chi connectivity index (χ1) is 9.69. The van der Waals surface area contributed by atoms with Crippen LogP contribution in [-0.2, 0) is 20.7 Å². The van der Waals surface area contributed by atoms with E-state index in [1.54, 1.807) is 6.07 Å². The van der Waals surface area contributed by atoms with Crippen LogP contribution in [0.15, 0.2) is 42.5 Å². The molecule has 0 spiro atoms. The highest BCUT2D eigenvalue weighted by molar-refractivity contribution is 6.37. The molecule has 2 aromatic carbocycles. The lowest BCUT2D eigenvalue weighted by atomic mass is 10.1. The number of benzene rings is 2. The van der Waals surface area contributed by atoms with Crippen LogP contribution in [0.25, 0.3) is 11.1 Å². The number of nitrogens with one attached hydrogen (secondary N) is 1. The van der Waals surface area contributed by atoms with Crippen LogP contribution in [0.3, 0.4) is 0 Å². The first-order valence-electron chi connectivity index (χ1n) is 6.29. The van der Waals surface area contributed by atoms with Gasteiger partial charge >= 0.3 is 11.9 Å². The third kappa shape index (κ3) is 2.05. The molecule has 0 heterocycles. The van der Waals surface area contributed by atoms with Gasteiger partial charge in [-0.1, -0.05) is 30.3 Å². The van der Waals surface area contributed by atoms with E-state index < -0.39 is 11.9 Å². The van der Waals surface area contributed by atoms with Gasteiger partial charge in [-0.2, -0.15) is 0 Å². The third-order valence-electron chi connectivity index (χ3n) is 3.42. The molecule has 0 aromatic heterocycles. The van der Waals surface area contributed by atoms with Crippen molar-refractivity contribution in [1.29, 1.82) is 0 Å². The predicted octanol–water partition coefficient (Wildman–Crippen LogP) is 2.37. The van der Waals surface area contributed by atoms with Gasteiger partial charge in [0.2, 0.25) is 0 Å². The summed E-state index contributed by atoms with van der Waals surface area (Å²) >= 11 is 0. The van der Waals surface area contributed by atoms with Crippen LogP contribution in [0.5, 0.6) is 0 Å². The molecule has 4 nitrogen and oxygen atoms in total. The zero-order valence-electron chi connectivity index (χ0n) is 11.0. The van der Waals surface area contributed by atoms with Crippen molar-refractivity contribution in [2.75, 3.05) is 12.4 Å². The Bertz CT molecular complexity index is 707. The number of methoxy groups -OCH3 is 1. The molecule has 0 fully saturated rings. The minimum atomic E-state index is -0.895. The third-order valence-corrected chi connectivity index (χ3v) is 3.42. The van der Waals surface area contributed by atoms with E-state index in [0.717, 1.165) is 12.0 Å². The molecule has 3 rings (SSSR count). The Labute approximate surface area is 116 Å². The standard InChI is InChI=1S/C16H13NO3/c1-20-16(19)15(18)17-12-6-7-14-11(9-12)8-10-4-2-3-5-13(10)14/h2-7,9H,8H2,1H3,(H,17,18). The number of esters is 1. The van der Waals surface area contributed by atoms with Crippen molar-refractivity contribution >= 4 is 17.6 Å². The molecule has 0 saturated carbocycles. The fourth-order valence-corrected chi connectivity index (χ4v) is 2.50. The van der Waals surface area contributed by atoms with Gasteiger partial charge in [-0.15, -0.1) is 0 Å². The first kappa shape index (κ1) is 12.4. The van der Waals surface area contributed by atoms with E-state index in [4.69, 9.17) is 0 Å². The molecular formula is C16H13NO3. The summed E-state index contributed by atoms with van der Waals surface area (Å²) in [6.07, 6.45) is 0.841. The normalized spacial score (nSPS) is 11.4. The Kier molecular flexibility index (Phi) is 2.99. The average Bonchev–Trinajstić information content (AvgIpc) is 2.83. The lowest BCUT2D eigenvalue weighted by Crippen LogP contribution is -2.23. The molecule has 4 heteroatoms. The molecule has 1 aliphatic carbocycles. The Morgan fingerprint density at radius 1 is 1.05 bits per heavy atom. The Morgan fingerprint density at radius 3 is 2.60 bits per heavy atom. The number of carbonyl (C=O) groups excluding carboxylic acids is 2. The second-order valence-electron chi connectivity index (χ2n) is 4.65. The van der Waals surface area contributed by atoms with E-state index in [0.29, 0.717) is 5.69 Å². The number of hydrogen-bond donors (Lipinski definition) is 1. The summed E-state index contributed by atoms with van der Waals surface area (Å²) in [5, 5.41) is 2.54. The van der Waals surface area contributed by atoms with Gasteiger partial charge in [0.1, 0.15) is 0 Å². The van der Waals surface area contributed by atoms with Crippen LogP contribution >= 0.6 is 0 Å². The lowest BCUT2D eigenvalue weighted by molar-refractivity contribution is -0.150. The predicted molar refractivity (Wildman–Crippen MR) is 75.3 cm³/mol. The average molecular weight is 267 g/mol. The second-order valence-corrected chi connectivity index (χ2v) is 4.65. The molecule has 0 unspecified atom stereocenters. The van der Waals surface area contributed by atoms with Gasteiger partial charge in [-0.25, -0.2) is 4.79 Å². The molecule has 0 bridgehead atoms. The summed E-state index contributed by atoms with van der Waals surface area (Å²) in [6, 6.07) is 13.9. The van der Waals surface area contributed by atoms with Gasteiger partial charge in [0.25, 0.3) is 0 Å². The summed E-state index contributed by atoms with van der Waals surface area (Å²) in [7, 11) is 1.18. The van der Waals surface area contributed by atoms with E-state index in [2.05, 4.69) is 22.2 Å². The van der Waals surface area contributed by atoms with E-state index in [1.807, 2.05) is 24.3 Å². The Morgan fingerprint density at radius 2 is 1.80 bits per heavy atom. The number of anilines is 1. The van der Waals surface area contributed by atoms with Gasteiger partial charge < -0.3 is 10.1 Å².